The Labute approximate surface area is 93.1 Å². The summed E-state index contributed by atoms with van der Waals surface area (Å²) in [6.07, 6.45) is 11.9. The Bertz CT molecular complexity index is 205. The Morgan fingerprint density at radius 2 is 2.00 bits per heavy atom. The lowest BCUT2D eigenvalue weighted by atomic mass is 10.1. The van der Waals surface area contributed by atoms with Crippen LogP contribution in [0.25, 0.3) is 0 Å². The first-order valence-electron chi connectivity index (χ1n) is 6.44. The van der Waals surface area contributed by atoms with Crippen LogP contribution in [0.2, 0.25) is 0 Å². The van der Waals surface area contributed by atoms with E-state index in [4.69, 9.17) is 4.74 Å². The van der Waals surface area contributed by atoms with Gasteiger partial charge in [-0.2, -0.15) is 0 Å². The molecule has 1 aliphatic carbocycles. The Balaban J connectivity index is 1.69. The van der Waals surface area contributed by atoms with Crippen LogP contribution < -0.4 is 5.32 Å². The van der Waals surface area contributed by atoms with Crippen LogP contribution in [0.1, 0.15) is 44.9 Å². The van der Waals surface area contributed by atoms with Gasteiger partial charge in [0.05, 0.1) is 13.2 Å². The highest BCUT2D eigenvalue weighted by Gasteiger charge is 2.12. The predicted molar refractivity (Wildman–Crippen MR) is 63.0 cm³/mol. The molecule has 0 saturated heterocycles. The molecule has 0 bridgehead atoms. The molecule has 1 fully saturated rings. The summed E-state index contributed by atoms with van der Waals surface area (Å²) < 4.78 is 5.44. The van der Waals surface area contributed by atoms with Gasteiger partial charge < -0.3 is 10.1 Å². The van der Waals surface area contributed by atoms with E-state index in [1.54, 1.807) is 0 Å². The average Bonchev–Trinajstić information content (AvgIpc) is 2.56. The molecule has 1 heterocycles. The molecule has 1 saturated carbocycles. The summed E-state index contributed by atoms with van der Waals surface area (Å²) in [5.74, 6) is 0. The van der Waals surface area contributed by atoms with Gasteiger partial charge in [0.25, 0.3) is 0 Å². The molecule has 0 amide bonds. The number of nitrogens with one attached hydrogen (secondary N) is 1. The molecule has 0 aromatic heterocycles. The first-order valence-corrected chi connectivity index (χ1v) is 6.44. The number of rotatable bonds is 3. The molecule has 1 N–H and O–H groups in total. The van der Waals surface area contributed by atoms with Gasteiger partial charge in [-0.05, 0) is 24.8 Å². The van der Waals surface area contributed by atoms with E-state index in [1.165, 1.54) is 44.1 Å². The number of hydrogen-bond acceptors (Lipinski definition) is 2. The zero-order valence-corrected chi connectivity index (χ0v) is 9.63. The molecule has 0 unspecified atom stereocenters. The van der Waals surface area contributed by atoms with Gasteiger partial charge in [0.2, 0.25) is 0 Å². The lowest BCUT2D eigenvalue weighted by Crippen LogP contribution is -2.31. The third-order valence-electron chi connectivity index (χ3n) is 3.46. The monoisotopic (exact) mass is 209 g/mol. The van der Waals surface area contributed by atoms with Crippen molar-refractivity contribution < 1.29 is 4.74 Å². The smallest absolute Gasteiger partial charge is 0.0689 e. The SMILES string of the molecule is C1=C(CNC2CCCCCC2)COCC1. The fourth-order valence-corrected chi connectivity index (χ4v) is 2.49. The molecule has 0 radical (unpaired) electrons. The number of hydrogen-bond donors (Lipinski definition) is 1. The van der Waals surface area contributed by atoms with Gasteiger partial charge in [-0.25, -0.2) is 0 Å². The Morgan fingerprint density at radius 1 is 1.20 bits per heavy atom. The van der Waals surface area contributed by atoms with E-state index in [0.717, 1.165) is 32.2 Å². The average molecular weight is 209 g/mol. The van der Waals surface area contributed by atoms with Crippen molar-refractivity contribution in [2.75, 3.05) is 19.8 Å². The summed E-state index contributed by atoms with van der Waals surface area (Å²) in [7, 11) is 0. The number of ether oxygens (including phenoxy) is 1. The molecule has 0 atom stereocenters. The van der Waals surface area contributed by atoms with E-state index < -0.39 is 0 Å². The quantitative estimate of drug-likeness (QED) is 0.570. The van der Waals surface area contributed by atoms with Gasteiger partial charge >= 0.3 is 0 Å². The van der Waals surface area contributed by atoms with E-state index in [2.05, 4.69) is 11.4 Å². The van der Waals surface area contributed by atoms with Crippen molar-refractivity contribution in [2.24, 2.45) is 0 Å². The molecule has 0 aromatic carbocycles. The lowest BCUT2D eigenvalue weighted by Gasteiger charge is -2.19. The molecule has 2 aliphatic rings. The molecule has 0 spiro atoms. The topological polar surface area (TPSA) is 21.3 Å². The van der Waals surface area contributed by atoms with E-state index in [-0.39, 0.29) is 0 Å². The van der Waals surface area contributed by atoms with Crippen LogP contribution in [0.3, 0.4) is 0 Å². The molecule has 2 nitrogen and oxygen atoms in total. The van der Waals surface area contributed by atoms with Gasteiger partial charge in [-0.15, -0.1) is 0 Å². The fraction of sp³-hybridized carbons (Fsp3) is 0.846. The summed E-state index contributed by atoms with van der Waals surface area (Å²) in [5.41, 5.74) is 1.45. The molecule has 0 aromatic rings. The van der Waals surface area contributed by atoms with Gasteiger partial charge in [0.1, 0.15) is 0 Å². The third kappa shape index (κ3) is 3.96. The van der Waals surface area contributed by atoms with Crippen molar-refractivity contribution in [3.8, 4) is 0 Å². The Hall–Kier alpha value is -0.340. The van der Waals surface area contributed by atoms with Gasteiger partial charge in [-0.1, -0.05) is 31.8 Å². The van der Waals surface area contributed by atoms with E-state index in [9.17, 15) is 0 Å². The standard InChI is InChI=1S/C13H23NO/c1-2-4-8-13(7-3-1)14-10-12-6-5-9-15-11-12/h6,13-14H,1-5,7-11H2. The minimum atomic E-state index is 0.760. The van der Waals surface area contributed by atoms with Crippen molar-refractivity contribution in [3.63, 3.8) is 0 Å². The first kappa shape index (κ1) is 11.2. The molecule has 15 heavy (non-hydrogen) atoms. The zero-order valence-electron chi connectivity index (χ0n) is 9.63. The van der Waals surface area contributed by atoms with E-state index in [1.807, 2.05) is 0 Å². The van der Waals surface area contributed by atoms with E-state index in [0.29, 0.717) is 0 Å². The van der Waals surface area contributed by atoms with Crippen LogP contribution in [0.4, 0.5) is 0 Å². The summed E-state index contributed by atoms with van der Waals surface area (Å²) in [5, 5.41) is 3.68. The minimum absolute atomic E-state index is 0.760. The fourth-order valence-electron chi connectivity index (χ4n) is 2.49. The normalized spacial score (nSPS) is 24.7. The van der Waals surface area contributed by atoms with Crippen LogP contribution in [0.15, 0.2) is 11.6 Å². The molecular formula is C13H23NO. The molecule has 2 rings (SSSR count). The maximum Gasteiger partial charge on any atom is 0.0689 e. The second-order valence-electron chi connectivity index (χ2n) is 4.77. The predicted octanol–water partition coefficient (Wildman–Crippen LogP) is 2.65. The summed E-state index contributed by atoms with van der Waals surface area (Å²) in [4.78, 5) is 0. The summed E-state index contributed by atoms with van der Waals surface area (Å²) in [6.45, 7) is 2.80. The molecule has 1 aliphatic heterocycles. The Kier molecular flexibility index (Phi) is 4.68. The van der Waals surface area contributed by atoms with Crippen LogP contribution in [0, 0.1) is 0 Å². The van der Waals surface area contributed by atoms with Gasteiger partial charge in [-0.3, -0.25) is 0 Å². The Morgan fingerprint density at radius 3 is 2.67 bits per heavy atom. The van der Waals surface area contributed by atoms with Crippen molar-refractivity contribution in [1.29, 1.82) is 0 Å². The second kappa shape index (κ2) is 6.29. The highest BCUT2D eigenvalue weighted by atomic mass is 16.5. The zero-order chi connectivity index (χ0) is 10.3. The minimum Gasteiger partial charge on any atom is -0.377 e. The van der Waals surface area contributed by atoms with Crippen LogP contribution in [-0.2, 0) is 4.74 Å². The lowest BCUT2D eigenvalue weighted by molar-refractivity contribution is 0.148. The van der Waals surface area contributed by atoms with Crippen molar-refractivity contribution in [1.82, 2.24) is 5.32 Å². The van der Waals surface area contributed by atoms with Crippen molar-refractivity contribution >= 4 is 0 Å². The van der Waals surface area contributed by atoms with Crippen LogP contribution in [0.5, 0.6) is 0 Å². The summed E-state index contributed by atoms with van der Waals surface area (Å²) in [6, 6.07) is 0.760. The molecular weight excluding hydrogens is 186 g/mol. The van der Waals surface area contributed by atoms with Crippen molar-refractivity contribution in [2.45, 2.75) is 51.0 Å². The van der Waals surface area contributed by atoms with Gasteiger partial charge in [0.15, 0.2) is 0 Å². The molecule has 86 valence electrons. The molecule has 2 heteroatoms. The summed E-state index contributed by atoms with van der Waals surface area (Å²) >= 11 is 0. The second-order valence-corrected chi connectivity index (χ2v) is 4.77. The maximum absolute atomic E-state index is 5.44. The maximum atomic E-state index is 5.44. The van der Waals surface area contributed by atoms with Gasteiger partial charge in [0, 0.05) is 12.6 Å². The van der Waals surface area contributed by atoms with Crippen molar-refractivity contribution in [3.05, 3.63) is 11.6 Å². The van der Waals surface area contributed by atoms with E-state index >= 15 is 0 Å². The highest BCUT2D eigenvalue weighted by Crippen LogP contribution is 2.17. The highest BCUT2D eigenvalue weighted by molar-refractivity contribution is 5.07. The van der Waals surface area contributed by atoms with Crippen LogP contribution in [-0.4, -0.2) is 25.8 Å². The largest absolute Gasteiger partial charge is 0.377 e. The van der Waals surface area contributed by atoms with Crippen LogP contribution >= 0.6 is 0 Å². The third-order valence-corrected chi connectivity index (χ3v) is 3.46. The first-order chi connectivity index (χ1) is 7.45.